The zero-order chi connectivity index (χ0) is 21.9. The van der Waals surface area contributed by atoms with Crippen LogP contribution in [0.1, 0.15) is 17.7 Å². The Balaban J connectivity index is 1.10. The maximum absolute atomic E-state index is 13.1. The Morgan fingerprint density at radius 1 is 1.00 bits per heavy atom. The Labute approximate surface area is 188 Å². The van der Waals surface area contributed by atoms with Crippen LogP contribution < -0.4 is 0 Å². The molecule has 0 N–H and O–H groups in total. The van der Waals surface area contributed by atoms with Crippen molar-refractivity contribution in [3.05, 3.63) is 72.2 Å². The van der Waals surface area contributed by atoms with Crippen molar-refractivity contribution < 1.29 is 9.59 Å². The van der Waals surface area contributed by atoms with Crippen molar-refractivity contribution in [2.75, 3.05) is 39.3 Å². The third-order valence-corrected chi connectivity index (χ3v) is 6.56. The van der Waals surface area contributed by atoms with Crippen molar-refractivity contribution in [3.63, 3.8) is 0 Å². The zero-order valence-corrected chi connectivity index (χ0v) is 18.3. The van der Waals surface area contributed by atoms with Gasteiger partial charge >= 0.3 is 0 Å². The highest BCUT2D eigenvalue weighted by molar-refractivity contribution is 5.89. The van der Waals surface area contributed by atoms with Crippen LogP contribution in [0.25, 0.3) is 5.65 Å². The second-order valence-corrected chi connectivity index (χ2v) is 8.78. The van der Waals surface area contributed by atoms with Gasteiger partial charge in [-0.3, -0.25) is 14.5 Å². The van der Waals surface area contributed by atoms with Crippen LogP contribution in [0, 0.1) is 5.92 Å². The number of amides is 2. The van der Waals surface area contributed by atoms with Gasteiger partial charge in [0.25, 0.3) is 0 Å². The van der Waals surface area contributed by atoms with Crippen LogP contribution in [0.5, 0.6) is 0 Å². The van der Waals surface area contributed by atoms with Crippen LogP contribution in [0.4, 0.5) is 0 Å². The summed E-state index contributed by atoms with van der Waals surface area (Å²) in [7, 11) is 0. The highest BCUT2D eigenvalue weighted by Gasteiger charge is 2.37. The number of aromatic nitrogens is 2. The van der Waals surface area contributed by atoms with Gasteiger partial charge in [0.05, 0.1) is 11.6 Å². The molecule has 2 amide bonds. The third kappa shape index (κ3) is 4.53. The Morgan fingerprint density at radius 2 is 1.78 bits per heavy atom. The maximum atomic E-state index is 13.1. The van der Waals surface area contributed by atoms with Gasteiger partial charge in [-0.2, -0.15) is 0 Å². The molecule has 3 aromatic rings. The lowest BCUT2D eigenvalue weighted by Crippen LogP contribution is -2.50. The first-order valence-corrected chi connectivity index (χ1v) is 11.4. The number of hydrogen-bond acceptors (Lipinski definition) is 4. The number of benzene rings is 1. The van der Waals surface area contributed by atoms with Gasteiger partial charge in [-0.15, -0.1) is 0 Å². The van der Waals surface area contributed by atoms with E-state index >= 15 is 0 Å². The van der Waals surface area contributed by atoms with Crippen molar-refractivity contribution in [2.45, 2.75) is 19.4 Å². The number of imidazole rings is 1. The minimum atomic E-state index is -0.205. The molecule has 7 heteroatoms. The molecule has 1 unspecified atom stereocenters. The summed E-state index contributed by atoms with van der Waals surface area (Å²) in [5.41, 5.74) is 3.22. The molecule has 0 spiro atoms. The Hall–Kier alpha value is -3.19. The molecule has 166 valence electrons. The summed E-state index contributed by atoms with van der Waals surface area (Å²) in [4.78, 5) is 36.3. The summed E-state index contributed by atoms with van der Waals surface area (Å²) in [6.07, 6.45) is 5.25. The molecule has 2 aliphatic rings. The Morgan fingerprint density at radius 3 is 2.56 bits per heavy atom. The molecule has 4 heterocycles. The molecule has 0 aliphatic carbocycles. The van der Waals surface area contributed by atoms with E-state index in [0.717, 1.165) is 37.4 Å². The number of hydrogen-bond donors (Lipinski definition) is 0. The molecule has 2 fully saturated rings. The fraction of sp³-hybridized carbons (Fsp3) is 0.400. The normalized spacial score (nSPS) is 19.8. The van der Waals surface area contributed by atoms with Gasteiger partial charge in [0.15, 0.2) is 0 Å². The monoisotopic (exact) mass is 431 g/mol. The number of nitrogens with zero attached hydrogens (tertiary/aromatic N) is 5. The summed E-state index contributed by atoms with van der Waals surface area (Å²) >= 11 is 0. The smallest absolute Gasteiger partial charge is 0.228 e. The van der Waals surface area contributed by atoms with Gasteiger partial charge in [-0.25, -0.2) is 4.98 Å². The molecule has 0 bridgehead atoms. The van der Waals surface area contributed by atoms with E-state index < -0.39 is 0 Å². The van der Waals surface area contributed by atoms with Crippen LogP contribution in [-0.2, 0) is 22.6 Å². The van der Waals surface area contributed by atoms with Gasteiger partial charge in [-0.05, 0) is 24.1 Å². The second kappa shape index (κ2) is 9.12. The van der Waals surface area contributed by atoms with Crippen molar-refractivity contribution in [1.29, 1.82) is 0 Å². The number of pyridine rings is 1. The zero-order valence-electron chi connectivity index (χ0n) is 18.3. The van der Waals surface area contributed by atoms with Crippen molar-refractivity contribution in [3.8, 4) is 0 Å². The van der Waals surface area contributed by atoms with E-state index in [1.165, 1.54) is 5.56 Å². The van der Waals surface area contributed by atoms with E-state index in [-0.39, 0.29) is 17.7 Å². The average Bonchev–Trinajstić information content (AvgIpc) is 3.41. The van der Waals surface area contributed by atoms with Crippen LogP contribution in [0.15, 0.2) is 60.9 Å². The second-order valence-electron chi connectivity index (χ2n) is 8.78. The van der Waals surface area contributed by atoms with Gasteiger partial charge in [0, 0.05) is 64.6 Å². The molecule has 2 saturated heterocycles. The molecule has 0 radical (unpaired) electrons. The van der Waals surface area contributed by atoms with Crippen molar-refractivity contribution >= 4 is 17.5 Å². The van der Waals surface area contributed by atoms with Crippen LogP contribution in [-0.4, -0.2) is 75.2 Å². The van der Waals surface area contributed by atoms with Crippen LogP contribution in [0.3, 0.4) is 0 Å². The van der Waals surface area contributed by atoms with Gasteiger partial charge in [0.1, 0.15) is 5.65 Å². The van der Waals surface area contributed by atoms with E-state index in [4.69, 9.17) is 0 Å². The van der Waals surface area contributed by atoms with Crippen LogP contribution in [0.2, 0.25) is 0 Å². The summed E-state index contributed by atoms with van der Waals surface area (Å²) in [6.45, 7) is 5.10. The van der Waals surface area contributed by atoms with E-state index in [9.17, 15) is 9.59 Å². The van der Waals surface area contributed by atoms with E-state index in [1.54, 1.807) is 0 Å². The fourth-order valence-electron chi connectivity index (χ4n) is 4.74. The first kappa shape index (κ1) is 20.7. The molecule has 1 atom stereocenters. The topological polar surface area (TPSA) is 61.2 Å². The number of piperazine rings is 1. The van der Waals surface area contributed by atoms with Crippen molar-refractivity contribution in [2.24, 2.45) is 5.92 Å². The predicted octanol–water partition coefficient (Wildman–Crippen LogP) is 2.07. The third-order valence-electron chi connectivity index (χ3n) is 6.56. The largest absolute Gasteiger partial charge is 0.342 e. The summed E-state index contributed by atoms with van der Waals surface area (Å²) < 4.78 is 2.04. The quantitative estimate of drug-likeness (QED) is 0.600. The molecule has 2 aromatic heterocycles. The lowest BCUT2D eigenvalue weighted by atomic mass is 10.1. The molecule has 5 rings (SSSR count). The highest BCUT2D eigenvalue weighted by atomic mass is 16.2. The number of rotatable bonds is 6. The van der Waals surface area contributed by atoms with Crippen LogP contribution >= 0.6 is 0 Å². The predicted molar refractivity (Wildman–Crippen MR) is 122 cm³/mol. The SMILES string of the molecule is O=C1CC(C(=O)N2CCN(Cc3cn4ccccc4n3)CC2)CN1CCc1ccccc1. The molecule has 2 aliphatic heterocycles. The van der Waals surface area contributed by atoms with Gasteiger partial charge < -0.3 is 14.2 Å². The first-order chi connectivity index (χ1) is 15.7. The van der Waals surface area contributed by atoms with Crippen molar-refractivity contribution in [1.82, 2.24) is 24.1 Å². The summed E-state index contributed by atoms with van der Waals surface area (Å²) in [6, 6.07) is 16.2. The van der Waals surface area contributed by atoms with E-state index in [2.05, 4.69) is 28.2 Å². The molecule has 0 saturated carbocycles. The minimum absolute atomic E-state index is 0.102. The Bertz CT molecular complexity index is 1050. The Kier molecular flexibility index (Phi) is 5.90. The molecular weight excluding hydrogens is 402 g/mol. The highest BCUT2D eigenvalue weighted by Crippen LogP contribution is 2.22. The minimum Gasteiger partial charge on any atom is -0.342 e. The summed E-state index contributed by atoms with van der Waals surface area (Å²) in [5, 5.41) is 0. The number of carbonyl (C=O) groups excluding carboxylic acids is 2. The number of likely N-dealkylation sites (tertiary alicyclic amines) is 1. The standard InChI is InChI=1S/C25H29N5O2/c31-24-16-21(17-30(24)11-9-20-6-2-1-3-7-20)25(32)28-14-12-27(13-15-28)18-22-19-29-10-5-4-8-23(29)26-22/h1-8,10,19,21H,9,11-18H2. The average molecular weight is 432 g/mol. The maximum Gasteiger partial charge on any atom is 0.228 e. The van der Waals surface area contributed by atoms with E-state index in [0.29, 0.717) is 32.6 Å². The summed E-state index contributed by atoms with van der Waals surface area (Å²) in [5.74, 6) is 0.0287. The number of carbonyl (C=O) groups is 2. The van der Waals surface area contributed by atoms with Gasteiger partial charge in [0.2, 0.25) is 11.8 Å². The van der Waals surface area contributed by atoms with E-state index in [1.807, 2.05) is 56.8 Å². The number of fused-ring (bicyclic) bond motifs is 1. The molecule has 1 aromatic carbocycles. The molecular formula is C25H29N5O2. The van der Waals surface area contributed by atoms with Gasteiger partial charge in [-0.1, -0.05) is 36.4 Å². The lowest BCUT2D eigenvalue weighted by Gasteiger charge is -2.35. The fourth-order valence-corrected chi connectivity index (χ4v) is 4.74. The lowest BCUT2D eigenvalue weighted by molar-refractivity contribution is -0.137. The molecule has 32 heavy (non-hydrogen) atoms. The molecule has 7 nitrogen and oxygen atoms in total. The first-order valence-electron chi connectivity index (χ1n) is 11.4.